The molecule has 1 aromatic carbocycles. The molecule has 0 saturated heterocycles. The molecule has 3 aromatic rings. The molecule has 2 aromatic heterocycles. The van der Waals surface area contributed by atoms with E-state index in [1.165, 1.54) is 46.7 Å². The number of ether oxygens (including phenoxy) is 1. The number of thioether (sulfide) groups is 1. The minimum absolute atomic E-state index is 0.0683. The Kier molecular flexibility index (Phi) is 6.03. The predicted octanol–water partition coefficient (Wildman–Crippen LogP) is 4.35. The lowest BCUT2D eigenvalue weighted by Crippen LogP contribution is -2.21. The van der Waals surface area contributed by atoms with Gasteiger partial charge in [0.25, 0.3) is 5.56 Å². The Balaban J connectivity index is 1.96. The second-order valence-corrected chi connectivity index (χ2v) is 6.90. The first-order valence-electron chi connectivity index (χ1n) is 8.34. The van der Waals surface area contributed by atoms with Crippen LogP contribution in [0.15, 0.2) is 64.8 Å². The second-order valence-electron chi connectivity index (χ2n) is 5.67. The molecule has 0 aliphatic rings. The Morgan fingerprint density at radius 2 is 1.93 bits per heavy atom. The smallest absolute Gasteiger partial charge is 0.422 e. The van der Waals surface area contributed by atoms with Gasteiger partial charge in [0.2, 0.25) is 0 Å². The zero-order valence-electron chi connectivity index (χ0n) is 14.8. The van der Waals surface area contributed by atoms with Crippen LogP contribution in [0.1, 0.15) is 6.92 Å². The van der Waals surface area contributed by atoms with Crippen molar-refractivity contribution >= 4 is 11.8 Å². The minimum atomic E-state index is -4.41. The highest BCUT2D eigenvalue weighted by Gasteiger charge is 2.28. The highest BCUT2D eigenvalue weighted by Crippen LogP contribution is 2.24. The fraction of sp³-hybridized carbons (Fsp3) is 0.211. The van der Waals surface area contributed by atoms with E-state index in [0.717, 1.165) is 5.56 Å². The standard InChI is InChI=1S/C19H16F3N3O2S/c1-2-28-18-24-16(13-4-3-9-23-11-13)10-17(26)25(18)14-5-7-15(8-6-14)27-12-19(20,21)22/h3-11H,2,12H2,1H3. The van der Waals surface area contributed by atoms with Crippen molar-refractivity contribution < 1.29 is 17.9 Å². The van der Waals surface area contributed by atoms with Gasteiger partial charge in [-0.25, -0.2) is 4.98 Å². The number of pyridine rings is 1. The molecule has 0 bridgehead atoms. The van der Waals surface area contributed by atoms with Crippen molar-refractivity contribution in [2.45, 2.75) is 18.3 Å². The van der Waals surface area contributed by atoms with Gasteiger partial charge in [-0.3, -0.25) is 14.3 Å². The van der Waals surface area contributed by atoms with Crippen molar-refractivity contribution in [1.29, 1.82) is 0 Å². The van der Waals surface area contributed by atoms with Crippen LogP contribution in [0.25, 0.3) is 16.9 Å². The van der Waals surface area contributed by atoms with Crippen molar-refractivity contribution in [2.24, 2.45) is 0 Å². The topological polar surface area (TPSA) is 57.0 Å². The summed E-state index contributed by atoms with van der Waals surface area (Å²) in [6.07, 6.45) is -1.15. The van der Waals surface area contributed by atoms with E-state index in [1.807, 2.05) is 13.0 Å². The lowest BCUT2D eigenvalue weighted by molar-refractivity contribution is -0.153. The average Bonchev–Trinajstić information content (AvgIpc) is 2.67. The van der Waals surface area contributed by atoms with E-state index in [2.05, 4.69) is 9.97 Å². The monoisotopic (exact) mass is 407 g/mol. The fourth-order valence-electron chi connectivity index (χ4n) is 2.44. The number of halogens is 3. The van der Waals surface area contributed by atoms with Crippen LogP contribution in [0.2, 0.25) is 0 Å². The van der Waals surface area contributed by atoms with Gasteiger partial charge in [-0.2, -0.15) is 13.2 Å². The number of hydrogen-bond acceptors (Lipinski definition) is 5. The van der Waals surface area contributed by atoms with Crippen molar-refractivity contribution in [2.75, 3.05) is 12.4 Å². The second kappa shape index (κ2) is 8.47. The normalized spacial score (nSPS) is 11.4. The third-order valence-corrected chi connectivity index (χ3v) is 4.44. The zero-order chi connectivity index (χ0) is 20.1. The van der Waals surface area contributed by atoms with Gasteiger partial charge in [-0.05, 0) is 42.2 Å². The summed E-state index contributed by atoms with van der Waals surface area (Å²) in [5.41, 5.74) is 1.43. The zero-order valence-corrected chi connectivity index (χ0v) is 15.6. The number of nitrogens with zero attached hydrogens (tertiary/aromatic N) is 3. The molecular formula is C19H16F3N3O2S. The number of rotatable bonds is 6. The van der Waals surface area contributed by atoms with E-state index in [0.29, 0.717) is 22.3 Å². The largest absolute Gasteiger partial charge is 0.484 e. The summed E-state index contributed by atoms with van der Waals surface area (Å²) in [5, 5.41) is 0.484. The molecule has 9 heteroatoms. The van der Waals surface area contributed by atoms with Gasteiger partial charge in [-0.15, -0.1) is 0 Å². The highest BCUT2D eigenvalue weighted by molar-refractivity contribution is 7.99. The first kappa shape index (κ1) is 19.9. The first-order valence-corrected chi connectivity index (χ1v) is 9.33. The number of benzene rings is 1. The highest BCUT2D eigenvalue weighted by atomic mass is 32.2. The van der Waals surface area contributed by atoms with Gasteiger partial charge in [0.05, 0.1) is 11.4 Å². The van der Waals surface area contributed by atoms with Gasteiger partial charge in [0.1, 0.15) is 5.75 Å². The molecule has 0 aliphatic carbocycles. The van der Waals surface area contributed by atoms with Crippen molar-refractivity contribution in [1.82, 2.24) is 14.5 Å². The van der Waals surface area contributed by atoms with Gasteiger partial charge < -0.3 is 4.74 Å². The Labute approximate surface area is 163 Å². The summed E-state index contributed by atoms with van der Waals surface area (Å²) in [4.78, 5) is 21.4. The maximum Gasteiger partial charge on any atom is 0.422 e. The molecule has 3 rings (SSSR count). The van der Waals surface area contributed by atoms with Crippen molar-refractivity contribution in [3.05, 3.63) is 65.2 Å². The molecular weight excluding hydrogens is 391 g/mol. The van der Waals surface area contributed by atoms with E-state index in [4.69, 9.17) is 4.74 Å². The third kappa shape index (κ3) is 4.92. The van der Waals surface area contributed by atoms with Crippen LogP contribution in [0.4, 0.5) is 13.2 Å². The fourth-order valence-corrected chi connectivity index (χ4v) is 3.19. The Bertz CT molecular complexity index is 990. The summed E-state index contributed by atoms with van der Waals surface area (Å²) >= 11 is 1.39. The van der Waals surface area contributed by atoms with Crippen LogP contribution in [0.3, 0.4) is 0 Å². The van der Waals surface area contributed by atoms with Crippen molar-refractivity contribution in [3.8, 4) is 22.7 Å². The molecule has 28 heavy (non-hydrogen) atoms. The summed E-state index contributed by atoms with van der Waals surface area (Å²) in [6, 6.07) is 10.8. The lowest BCUT2D eigenvalue weighted by atomic mass is 10.2. The molecule has 0 unspecified atom stereocenters. The van der Waals surface area contributed by atoms with Gasteiger partial charge in [-0.1, -0.05) is 18.7 Å². The Hall–Kier alpha value is -2.81. The third-order valence-electron chi connectivity index (χ3n) is 3.62. The van der Waals surface area contributed by atoms with E-state index in [1.54, 1.807) is 18.5 Å². The average molecular weight is 407 g/mol. The molecule has 0 atom stereocenters. The van der Waals surface area contributed by atoms with E-state index in [9.17, 15) is 18.0 Å². The molecule has 0 fully saturated rings. The van der Waals surface area contributed by atoms with Crippen LogP contribution < -0.4 is 10.3 Å². The number of aromatic nitrogens is 3. The van der Waals surface area contributed by atoms with E-state index < -0.39 is 12.8 Å². The SMILES string of the molecule is CCSc1nc(-c2cccnc2)cc(=O)n1-c1ccc(OCC(F)(F)F)cc1. The molecule has 0 spiro atoms. The minimum Gasteiger partial charge on any atom is -0.484 e. The van der Waals surface area contributed by atoms with Gasteiger partial charge in [0, 0.05) is 24.0 Å². The molecule has 5 nitrogen and oxygen atoms in total. The van der Waals surface area contributed by atoms with Gasteiger partial charge >= 0.3 is 6.18 Å². The van der Waals surface area contributed by atoms with E-state index >= 15 is 0 Å². The summed E-state index contributed by atoms with van der Waals surface area (Å²) in [7, 11) is 0. The molecule has 0 N–H and O–H groups in total. The molecule has 0 aliphatic heterocycles. The molecule has 0 radical (unpaired) electrons. The Morgan fingerprint density at radius 3 is 2.54 bits per heavy atom. The Morgan fingerprint density at radius 1 is 1.18 bits per heavy atom. The molecule has 0 amide bonds. The number of hydrogen-bond donors (Lipinski definition) is 0. The first-order chi connectivity index (χ1) is 13.4. The number of alkyl halides is 3. The van der Waals surface area contributed by atoms with Gasteiger partial charge in [0.15, 0.2) is 11.8 Å². The van der Waals surface area contributed by atoms with Crippen LogP contribution in [-0.4, -0.2) is 33.1 Å². The molecule has 2 heterocycles. The van der Waals surface area contributed by atoms with Crippen molar-refractivity contribution in [3.63, 3.8) is 0 Å². The lowest BCUT2D eigenvalue weighted by Gasteiger charge is -2.14. The maximum atomic E-state index is 12.8. The van der Waals surface area contributed by atoms with Crippen LogP contribution in [0, 0.1) is 0 Å². The van der Waals surface area contributed by atoms with Crippen LogP contribution >= 0.6 is 11.8 Å². The summed E-state index contributed by atoms with van der Waals surface area (Å²) < 4.78 is 42.9. The molecule has 0 saturated carbocycles. The predicted molar refractivity (Wildman–Crippen MR) is 101 cm³/mol. The summed E-state index contributed by atoms with van der Waals surface area (Å²) in [5.74, 6) is 0.758. The maximum absolute atomic E-state index is 12.8. The summed E-state index contributed by atoms with van der Waals surface area (Å²) in [6.45, 7) is 0.566. The quantitative estimate of drug-likeness (QED) is 0.449. The molecule has 146 valence electrons. The van der Waals surface area contributed by atoms with Crippen LogP contribution in [-0.2, 0) is 0 Å². The van der Waals surface area contributed by atoms with E-state index in [-0.39, 0.29) is 11.3 Å². The van der Waals surface area contributed by atoms with Crippen LogP contribution in [0.5, 0.6) is 5.75 Å².